The Balaban J connectivity index is 2.23. The molecule has 0 aliphatic carbocycles. The Morgan fingerprint density at radius 3 is 2.59 bits per heavy atom. The SMILES string of the molecule is CSc1ccc2nnc(-c3ccccc3)n2n1. The molecule has 1 aromatic carbocycles. The van der Waals surface area contributed by atoms with E-state index < -0.39 is 0 Å². The number of rotatable bonds is 2. The molecule has 0 N–H and O–H groups in total. The van der Waals surface area contributed by atoms with Crippen LogP contribution in [-0.2, 0) is 0 Å². The van der Waals surface area contributed by atoms with E-state index in [1.807, 2.05) is 48.7 Å². The fourth-order valence-corrected chi connectivity index (χ4v) is 2.02. The Bertz CT molecular complexity index is 648. The summed E-state index contributed by atoms with van der Waals surface area (Å²) in [5.41, 5.74) is 1.78. The topological polar surface area (TPSA) is 43.1 Å². The van der Waals surface area contributed by atoms with Crippen molar-refractivity contribution < 1.29 is 0 Å². The highest BCUT2D eigenvalue weighted by molar-refractivity contribution is 7.98. The third kappa shape index (κ3) is 1.78. The molecular weight excluding hydrogens is 232 g/mol. The lowest BCUT2D eigenvalue weighted by atomic mass is 10.2. The zero-order valence-corrected chi connectivity index (χ0v) is 10.1. The third-order valence-electron chi connectivity index (χ3n) is 2.48. The number of benzene rings is 1. The van der Waals surface area contributed by atoms with E-state index in [1.54, 1.807) is 16.3 Å². The van der Waals surface area contributed by atoms with Gasteiger partial charge in [0.1, 0.15) is 5.03 Å². The van der Waals surface area contributed by atoms with Crippen LogP contribution in [0.4, 0.5) is 0 Å². The lowest BCUT2D eigenvalue weighted by molar-refractivity contribution is 0.862. The second-order valence-electron chi connectivity index (χ2n) is 3.54. The Morgan fingerprint density at radius 1 is 1.00 bits per heavy atom. The lowest BCUT2D eigenvalue weighted by Gasteiger charge is -2.00. The molecule has 0 saturated heterocycles. The van der Waals surface area contributed by atoms with Crippen LogP contribution in [0.5, 0.6) is 0 Å². The summed E-state index contributed by atoms with van der Waals surface area (Å²) in [5.74, 6) is 0.775. The average molecular weight is 242 g/mol. The second kappa shape index (κ2) is 4.18. The first kappa shape index (κ1) is 10.3. The molecule has 2 aromatic heterocycles. The average Bonchev–Trinajstić information content (AvgIpc) is 2.82. The van der Waals surface area contributed by atoms with Crippen molar-refractivity contribution in [2.45, 2.75) is 5.03 Å². The number of hydrogen-bond donors (Lipinski definition) is 0. The number of aromatic nitrogens is 4. The van der Waals surface area contributed by atoms with Crippen LogP contribution in [-0.4, -0.2) is 26.1 Å². The van der Waals surface area contributed by atoms with Gasteiger partial charge in [0.15, 0.2) is 11.5 Å². The number of hydrogen-bond acceptors (Lipinski definition) is 4. The number of thioether (sulfide) groups is 1. The van der Waals surface area contributed by atoms with Gasteiger partial charge in [-0.1, -0.05) is 30.3 Å². The minimum absolute atomic E-state index is 0.765. The molecule has 0 saturated carbocycles. The molecule has 3 rings (SSSR count). The van der Waals surface area contributed by atoms with E-state index in [0.717, 1.165) is 22.1 Å². The summed E-state index contributed by atoms with van der Waals surface area (Å²) in [6, 6.07) is 13.8. The van der Waals surface area contributed by atoms with Crippen molar-refractivity contribution in [1.82, 2.24) is 19.8 Å². The van der Waals surface area contributed by atoms with Crippen molar-refractivity contribution >= 4 is 17.4 Å². The lowest BCUT2D eigenvalue weighted by Crippen LogP contribution is -1.95. The van der Waals surface area contributed by atoms with Gasteiger partial charge in [-0.2, -0.15) is 9.61 Å². The molecule has 0 spiro atoms. The molecule has 3 aromatic rings. The molecule has 0 atom stereocenters. The minimum Gasteiger partial charge on any atom is -0.192 e. The summed E-state index contributed by atoms with van der Waals surface area (Å²) in [6.45, 7) is 0. The largest absolute Gasteiger partial charge is 0.192 e. The first-order chi connectivity index (χ1) is 8.38. The van der Waals surface area contributed by atoms with E-state index in [9.17, 15) is 0 Å². The molecule has 0 aliphatic rings. The van der Waals surface area contributed by atoms with Gasteiger partial charge in [-0.25, -0.2) is 0 Å². The normalized spacial score (nSPS) is 10.9. The van der Waals surface area contributed by atoms with Crippen molar-refractivity contribution in [2.24, 2.45) is 0 Å². The fourth-order valence-electron chi connectivity index (χ4n) is 1.65. The minimum atomic E-state index is 0.765. The Hall–Kier alpha value is -1.88. The van der Waals surface area contributed by atoms with Gasteiger partial charge >= 0.3 is 0 Å². The van der Waals surface area contributed by atoms with Crippen molar-refractivity contribution in [3.63, 3.8) is 0 Å². The highest BCUT2D eigenvalue weighted by Crippen LogP contribution is 2.18. The first-order valence-electron chi connectivity index (χ1n) is 5.20. The smallest absolute Gasteiger partial charge is 0.185 e. The van der Waals surface area contributed by atoms with E-state index in [4.69, 9.17) is 0 Å². The van der Waals surface area contributed by atoms with Gasteiger partial charge < -0.3 is 0 Å². The Morgan fingerprint density at radius 2 is 1.82 bits per heavy atom. The van der Waals surface area contributed by atoms with E-state index in [2.05, 4.69) is 15.3 Å². The molecule has 0 fully saturated rings. The summed E-state index contributed by atoms with van der Waals surface area (Å²) in [7, 11) is 0. The van der Waals surface area contributed by atoms with Crippen molar-refractivity contribution in [2.75, 3.05) is 6.26 Å². The molecule has 0 radical (unpaired) electrons. The molecule has 0 unspecified atom stereocenters. The van der Waals surface area contributed by atoms with Crippen LogP contribution < -0.4 is 0 Å². The summed E-state index contributed by atoms with van der Waals surface area (Å²) in [4.78, 5) is 0. The maximum Gasteiger partial charge on any atom is 0.185 e. The van der Waals surface area contributed by atoms with Crippen molar-refractivity contribution in [1.29, 1.82) is 0 Å². The van der Waals surface area contributed by atoms with Gasteiger partial charge in [-0.3, -0.25) is 0 Å². The zero-order valence-electron chi connectivity index (χ0n) is 9.24. The van der Waals surface area contributed by atoms with Gasteiger partial charge in [0.2, 0.25) is 0 Å². The van der Waals surface area contributed by atoms with Gasteiger partial charge in [0.25, 0.3) is 0 Å². The maximum absolute atomic E-state index is 4.48. The summed E-state index contributed by atoms with van der Waals surface area (Å²) in [6.07, 6.45) is 2.00. The molecular formula is C12H10N4S. The molecule has 2 heterocycles. The van der Waals surface area contributed by atoms with Crippen LogP contribution in [0.15, 0.2) is 47.5 Å². The summed E-state index contributed by atoms with van der Waals surface area (Å²) >= 11 is 1.60. The van der Waals surface area contributed by atoms with Gasteiger partial charge in [0, 0.05) is 5.56 Å². The highest BCUT2D eigenvalue weighted by Gasteiger charge is 2.08. The molecule has 5 heteroatoms. The van der Waals surface area contributed by atoms with Gasteiger partial charge in [-0.15, -0.1) is 22.0 Å². The van der Waals surface area contributed by atoms with Gasteiger partial charge in [-0.05, 0) is 18.4 Å². The van der Waals surface area contributed by atoms with Crippen LogP contribution in [0.1, 0.15) is 0 Å². The third-order valence-corrected chi connectivity index (χ3v) is 3.12. The van der Waals surface area contributed by atoms with Crippen LogP contribution in [0.25, 0.3) is 17.0 Å². The zero-order chi connectivity index (χ0) is 11.7. The van der Waals surface area contributed by atoms with Crippen LogP contribution in [0.3, 0.4) is 0 Å². The van der Waals surface area contributed by atoms with Crippen molar-refractivity contribution in [3.05, 3.63) is 42.5 Å². The molecule has 4 nitrogen and oxygen atoms in total. The highest BCUT2D eigenvalue weighted by atomic mass is 32.2. The first-order valence-corrected chi connectivity index (χ1v) is 6.43. The monoisotopic (exact) mass is 242 g/mol. The Kier molecular flexibility index (Phi) is 2.53. The molecule has 0 aliphatic heterocycles. The second-order valence-corrected chi connectivity index (χ2v) is 4.36. The number of fused-ring (bicyclic) bond motifs is 1. The van der Waals surface area contributed by atoms with Crippen LogP contribution in [0.2, 0.25) is 0 Å². The molecule has 84 valence electrons. The molecule has 17 heavy (non-hydrogen) atoms. The van der Waals surface area contributed by atoms with Crippen LogP contribution in [0, 0.1) is 0 Å². The molecule has 0 amide bonds. The predicted octanol–water partition coefficient (Wildman–Crippen LogP) is 2.51. The maximum atomic E-state index is 4.48. The van der Waals surface area contributed by atoms with Crippen LogP contribution >= 0.6 is 11.8 Å². The Labute approximate surface area is 103 Å². The quantitative estimate of drug-likeness (QED) is 0.648. The summed E-state index contributed by atoms with van der Waals surface area (Å²) in [5, 5.41) is 13.7. The molecule has 0 bridgehead atoms. The summed E-state index contributed by atoms with van der Waals surface area (Å²) < 4.78 is 1.78. The van der Waals surface area contributed by atoms with Gasteiger partial charge in [0.05, 0.1) is 0 Å². The predicted molar refractivity (Wildman–Crippen MR) is 68.0 cm³/mol. The fraction of sp³-hybridized carbons (Fsp3) is 0.0833. The van der Waals surface area contributed by atoms with E-state index in [1.165, 1.54) is 0 Å². The van der Waals surface area contributed by atoms with E-state index in [0.29, 0.717) is 0 Å². The van der Waals surface area contributed by atoms with E-state index >= 15 is 0 Å². The van der Waals surface area contributed by atoms with Crippen molar-refractivity contribution in [3.8, 4) is 11.4 Å². The standard InChI is InChI=1S/C12H10N4S/c1-17-11-8-7-10-13-14-12(16(10)15-11)9-5-3-2-4-6-9/h2-8H,1H3. The van der Waals surface area contributed by atoms with E-state index in [-0.39, 0.29) is 0 Å². The number of nitrogens with zero attached hydrogens (tertiary/aromatic N) is 4.